The van der Waals surface area contributed by atoms with Gasteiger partial charge in [-0.25, -0.2) is 4.98 Å². The van der Waals surface area contributed by atoms with E-state index in [1.54, 1.807) is 36.4 Å². The number of hydrogen-bond acceptors (Lipinski definition) is 3. The van der Waals surface area contributed by atoms with Crippen molar-refractivity contribution in [3.63, 3.8) is 0 Å². The molecule has 3 aromatic rings. The van der Waals surface area contributed by atoms with E-state index in [-0.39, 0.29) is 22.3 Å². The summed E-state index contributed by atoms with van der Waals surface area (Å²) in [5, 5.41) is -0.0750. The summed E-state index contributed by atoms with van der Waals surface area (Å²) in [6, 6.07) is 12.9. The minimum absolute atomic E-state index is 0.0750. The number of aromatic nitrogens is 1. The van der Waals surface area contributed by atoms with Gasteiger partial charge in [0.25, 0.3) is 0 Å². The standard InChI is InChI=1S/C17H13F3N2O/c1-23-11-7-8-13-12(9-11)14(17(18,19)20)15(21)16(22-13)10-5-3-2-4-6-10/h2-9H,21H2,1H3. The normalized spacial score (nSPS) is 11.7. The van der Waals surface area contributed by atoms with Crippen LogP contribution in [0.4, 0.5) is 18.9 Å². The Balaban J connectivity index is 2.40. The van der Waals surface area contributed by atoms with Crippen molar-refractivity contribution in [3.8, 4) is 17.0 Å². The smallest absolute Gasteiger partial charge is 0.419 e. The highest BCUT2D eigenvalue weighted by Gasteiger charge is 2.37. The number of pyridine rings is 1. The summed E-state index contributed by atoms with van der Waals surface area (Å²) in [7, 11) is 1.39. The van der Waals surface area contributed by atoms with Crippen molar-refractivity contribution in [2.75, 3.05) is 12.8 Å². The van der Waals surface area contributed by atoms with Gasteiger partial charge in [0.05, 0.1) is 29.6 Å². The number of methoxy groups -OCH3 is 1. The third-order valence-electron chi connectivity index (χ3n) is 3.56. The quantitative estimate of drug-likeness (QED) is 0.756. The van der Waals surface area contributed by atoms with E-state index in [1.807, 2.05) is 0 Å². The van der Waals surface area contributed by atoms with E-state index in [0.717, 1.165) is 0 Å². The lowest BCUT2D eigenvalue weighted by Gasteiger charge is -2.17. The summed E-state index contributed by atoms with van der Waals surface area (Å²) in [5.41, 5.74) is 5.43. The van der Waals surface area contributed by atoms with Crippen LogP contribution in [0.1, 0.15) is 5.56 Å². The Hall–Kier alpha value is -2.76. The van der Waals surface area contributed by atoms with E-state index in [4.69, 9.17) is 10.5 Å². The molecule has 0 aliphatic carbocycles. The molecular weight excluding hydrogens is 305 g/mol. The highest BCUT2D eigenvalue weighted by molar-refractivity contribution is 5.93. The molecule has 0 bridgehead atoms. The number of nitrogens with two attached hydrogens (primary N) is 1. The van der Waals surface area contributed by atoms with Gasteiger partial charge < -0.3 is 10.5 Å². The van der Waals surface area contributed by atoms with Gasteiger partial charge in [0.2, 0.25) is 0 Å². The molecule has 2 aromatic carbocycles. The molecule has 0 aliphatic heterocycles. The minimum Gasteiger partial charge on any atom is -0.497 e. The molecular formula is C17H13F3N2O. The van der Waals surface area contributed by atoms with Crippen molar-refractivity contribution >= 4 is 16.6 Å². The molecule has 0 radical (unpaired) electrons. The number of ether oxygens (including phenoxy) is 1. The van der Waals surface area contributed by atoms with Crippen LogP contribution in [0.3, 0.4) is 0 Å². The Morgan fingerprint density at radius 2 is 1.74 bits per heavy atom. The van der Waals surface area contributed by atoms with E-state index in [0.29, 0.717) is 11.3 Å². The van der Waals surface area contributed by atoms with Crippen LogP contribution in [0.2, 0.25) is 0 Å². The van der Waals surface area contributed by atoms with Crippen LogP contribution in [0.15, 0.2) is 48.5 Å². The SMILES string of the molecule is COc1ccc2nc(-c3ccccc3)c(N)c(C(F)(F)F)c2c1. The molecule has 0 aliphatic rings. The van der Waals surface area contributed by atoms with E-state index in [1.165, 1.54) is 19.2 Å². The maximum absolute atomic E-state index is 13.6. The monoisotopic (exact) mass is 318 g/mol. The number of rotatable bonds is 2. The first-order valence-electron chi connectivity index (χ1n) is 6.81. The third-order valence-corrected chi connectivity index (χ3v) is 3.56. The van der Waals surface area contributed by atoms with E-state index in [9.17, 15) is 13.2 Å². The van der Waals surface area contributed by atoms with Gasteiger partial charge >= 0.3 is 6.18 Å². The van der Waals surface area contributed by atoms with Gasteiger partial charge in [-0.15, -0.1) is 0 Å². The third kappa shape index (κ3) is 2.67. The average molecular weight is 318 g/mol. The summed E-state index contributed by atoms with van der Waals surface area (Å²) < 4.78 is 45.7. The largest absolute Gasteiger partial charge is 0.497 e. The minimum atomic E-state index is -4.60. The second-order valence-electron chi connectivity index (χ2n) is 5.00. The average Bonchev–Trinajstić information content (AvgIpc) is 2.53. The van der Waals surface area contributed by atoms with Crippen molar-refractivity contribution in [2.24, 2.45) is 0 Å². The fourth-order valence-electron chi connectivity index (χ4n) is 2.51. The predicted octanol–water partition coefficient (Wildman–Crippen LogP) is 4.51. The Morgan fingerprint density at radius 3 is 2.35 bits per heavy atom. The molecule has 2 N–H and O–H groups in total. The highest BCUT2D eigenvalue weighted by atomic mass is 19.4. The molecule has 1 aromatic heterocycles. The Bertz CT molecular complexity index is 861. The van der Waals surface area contributed by atoms with Crippen LogP contribution in [0.5, 0.6) is 5.75 Å². The number of anilines is 1. The Morgan fingerprint density at radius 1 is 1.04 bits per heavy atom. The zero-order valence-electron chi connectivity index (χ0n) is 12.2. The van der Waals surface area contributed by atoms with Gasteiger partial charge in [-0.2, -0.15) is 13.2 Å². The van der Waals surface area contributed by atoms with E-state index >= 15 is 0 Å². The highest BCUT2D eigenvalue weighted by Crippen LogP contribution is 2.42. The second-order valence-corrected chi connectivity index (χ2v) is 5.00. The number of halogens is 3. The molecule has 6 heteroatoms. The molecule has 0 spiro atoms. The first kappa shape index (κ1) is 15.1. The van der Waals surface area contributed by atoms with Gasteiger partial charge in [-0.05, 0) is 18.2 Å². The molecule has 0 fully saturated rings. The van der Waals surface area contributed by atoms with Crippen molar-refractivity contribution in [1.29, 1.82) is 0 Å². The summed E-state index contributed by atoms with van der Waals surface area (Å²) >= 11 is 0. The van der Waals surface area contributed by atoms with Crippen LogP contribution in [0.25, 0.3) is 22.2 Å². The lowest BCUT2D eigenvalue weighted by atomic mass is 10.0. The van der Waals surface area contributed by atoms with Crippen LogP contribution in [-0.2, 0) is 6.18 Å². The van der Waals surface area contributed by atoms with Crippen LogP contribution >= 0.6 is 0 Å². The molecule has 0 saturated carbocycles. The van der Waals surface area contributed by atoms with Crippen LogP contribution < -0.4 is 10.5 Å². The summed E-state index contributed by atoms with van der Waals surface area (Å²) in [6.07, 6.45) is -4.60. The van der Waals surface area contributed by atoms with Crippen molar-refractivity contribution in [1.82, 2.24) is 4.98 Å². The predicted molar refractivity (Wildman–Crippen MR) is 83.1 cm³/mol. The molecule has 0 amide bonds. The zero-order valence-corrected chi connectivity index (χ0v) is 12.2. The number of fused-ring (bicyclic) bond motifs is 1. The topological polar surface area (TPSA) is 48.1 Å². The van der Waals surface area contributed by atoms with Crippen LogP contribution in [0, 0.1) is 0 Å². The number of alkyl halides is 3. The van der Waals surface area contributed by atoms with Crippen molar-refractivity contribution < 1.29 is 17.9 Å². The number of nitrogens with zero attached hydrogens (tertiary/aromatic N) is 1. The maximum Gasteiger partial charge on any atom is 0.419 e. The molecule has 23 heavy (non-hydrogen) atoms. The van der Waals surface area contributed by atoms with Gasteiger partial charge in [-0.1, -0.05) is 30.3 Å². The van der Waals surface area contributed by atoms with Gasteiger partial charge in [0.15, 0.2) is 0 Å². The molecule has 118 valence electrons. The lowest BCUT2D eigenvalue weighted by Crippen LogP contribution is -2.12. The fourth-order valence-corrected chi connectivity index (χ4v) is 2.51. The number of benzene rings is 2. The second kappa shape index (κ2) is 5.46. The van der Waals surface area contributed by atoms with E-state index in [2.05, 4.69) is 4.98 Å². The molecule has 0 atom stereocenters. The Labute approximate surface area is 130 Å². The van der Waals surface area contributed by atoms with E-state index < -0.39 is 11.7 Å². The molecule has 0 saturated heterocycles. The fraction of sp³-hybridized carbons (Fsp3) is 0.118. The molecule has 0 unspecified atom stereocenters. The molecule has 3 rings (SSSR count). The molecule has 1 heterocycles. The van der Waals surface area contributed by atoms with Crippen molar-refractivity contribution in [2.45, 2.75) is 6.18 Å². The Kier molecular flexibility index (Phi) is 3.60. The maximum atomic E-state index is 13.6. The lowest BCUT2D eigenvalue weighted by molar-refractivity contribution is -0.135. The first-order valence-corrected chi connectivity index (χ1v) is 6.81. The van der Waals surface area contributed by atoms with Gasteiger partial charge in [-0.3, -0.25) is 0 Å². The summed E-state index contributed by atoms with van der Waals surface area (Å²) in [6.45, 7) is 0. The van der Waals surface area contributed by atoms with Crippen LogP contribution in [-0.4, -0.2) is 12.1 Å². The van der Waals surface area contributed by atoms with Crippen molar-refractivity contribution in [3.05, 3.63) is 54.1 Å². The zero-order chi connectivity index (χ0) is 16.6. The molecule has 3 nitrogen and oxygen atoms in total. The summed E-state index contributed by atoms with van der Waals surface area (Å²) in [4.78, 5) is 4.31. The van der Waals surface area contributed by atoms with Gasteiger partial charge in [0, 0.05) is 10.9 Å². The van der Waals surface area contributed by atoms with Gasteiger partial charge in [0.1, 0.15) is 5.75 Å². The number of nitrogen functional groups attached to an aromatic ring is 1. The summed E-state index contributed by atoms with van der Waals surface area (Å²) in [5.74, 6) is 0.316. The number of hydrogen-bond donors (Lipinski definition) is 1. The first-order chi connectivity index (χ1) is 10.9.